The highest BCUT2D eigenvalue weighted by Gasteiger charge is 2.20. The van der Waals surface area contributed by atoms with Crippen LogP contribution in [0.4, 0.5) is 5.69 Å². The summed E-state index contributed by atoms with van der Waals surface area (Å²) >= 11 is 0. The zero-order valence-electron chi connectivity index (χ0n) is 19.5. The molecule has 0 aliphatic carbocycles. The zero-order valence-corrected chi connectivity index (χ0v) is 19.5. The molecule has 1 aliphatic heterocycles. The van der Waals surface area contributed by atoms with Crippen LogP contribution in [0.15, 0.2) is 42.7 Å². The molecule has 0 radical (unpaired) electrons. The highest BCUT2D eigenvalue weighted by Crippen LogP contribution is 2.28. The van der Waals surface area contributed by atoms with Gasteiger partial charge in [-0.1, -0.05) is 6.07 Å². The van der Waals surface area contributed by atoms with Crippen LogP contribution in [-0.2, 0) is 16.0 Å². The van der Waals surface area contributed by atoms with Crippen molar-refractivity contribution in [2.75, 3.05) is 32.2 Å². The van der Waals surface area contributed by atoms with E-state index in [4.69, 9.17) is 19.3 Å². The van der Waals surface area contributed by atoms with Crippen molar-refractivity contribution in [3.05, 3.63) is 54.1 Å². The first-order valence-corrected chi connectivity index (χ1v) is 11.6. The lowest BCUT2D eigenvalue weighted by atomic mass is 10.1. The molecule has 1 saturated heterocycles. The normalized spacial score (nSPS) is 16.2. The molecule has 1 unspecified atom stereocenters. The van der Waals surface area contributed by atoms with E-state index in [1.54, 1.807) is 30.0 Å². The van der Waals surface area contributed by atoms with Crippen LogP contribution in [0.5, 0.6) is 5.75 Å². The molecule has 0 bridgehead atoms. The van der Waals surface area contributed by atoms with Gasteiger partial charge in [0, 0.05) is 31.4 Å². The summed E-state index contributed by atoms with van der Waals surface area (Å²) in [7, 11) is 1.63. The number of hydrogen-bond donors (Lipinski definition) is 1. The fourth-order valence-corrected chi connectivity index (χ4v) is 4.46. The van der Waals surface area contributed by atoms with Gasteiger partial charge in [-0.25, -0.2) is 4.98 Å². The number of carbonyl (C=O) groups excluding carboxylic acids is 1. The first-order valence-electron chi connectivity index (χ1n) is 11.6. The van der Waals surface area contributed by atoms with E-state index in [-0.39, 0.29) is 12.0 Å². The summed E-state index contributed by atoms with van der Waals surface area (Å²) in [5.41, 5.74) is 3.66. The quantitative estimate of drug-likeness (QED) is 0.399. The minimum Gasteiger partial charge on any atom is -0.491 e. The van der Waals surface area contributed by atoms with Crippen molar-refractivity contribution in [1.29, 1.82) is 0 Å². The van der Waals surface area contributed by atoms with Gasteiger partial charge >= 0.3 is 0 Å². The van der Waals surface area contributed by atoms with Gasteiger partial charge in [0.15, 0.2) is 0 Å². The molecule has 34 heavy (non-hydrogen) atoms. The molecule has 1 aliphatic rings. The number of pyridine rings is 1. The van der Waals surface area contributed by atoms with E-state index in [2.05, 4.69) is 10.3 Å². The molecule has 1 N–H and O–H groups in total. The Morgan fingerprint density at radius 3 is 3.00 bits per heavy atom. The Labute approximate surface area is 197 Å². The molecule has 1 amide bonds. The van der Waals surface area contributed by atoms with Gasteiger partial charge in [-0.05, 0) is 44.4 Å². The maximum absolute atomic E-state index is 13.2. The van der Waals surface area contributed by atoms with Gasteiger partial charge in [0.1, 0.15) is 23.7 Å². The van der Waals surface area contributed by atoms with E-state index >= 15 is 0 Å². The average molecular weight is 464 g/mol. The van der Waals surface area contributed by atoms with Crippen LogP contribution in [-0.4, -0.2) is 58.1 Å². The third-order valence-electron chi connectivity index (χ3n) is 6.13. The van der Waals surface area contributed by atoms with E-state index in [9.17, 15) is 4.79 Å². The monoisotopic (exact) mass is 463 g/mol. The summed E-state index contributed by atoms with van der Waals surface area (Å²) in [4.78, 5) is 17.6. The van der Waals surface area contributed by atoms with Crippen LogP contribution in [0.25, 0.3) is 16.6 Å². The number of nitrogens with zero attached hydrogens (tertiary/aromatic N) is 4. The number of methoxy groups -OCH3 is 1. The van der Waals surface area contributed by atoms with E-state index < -0.39 is 0 Å². The van der Waals surface area contributed by atoms with Crippen LogP contribution in [0.3, 0.4) is 0 Å². The molecule has 1 aromatic carbocycles. The summed E-state index contributed by atoms with van der Waals surface area (Å²) in [6.45, 7) is 4.44. The highest BCUT2D eigenvalue weighted by atomic mass is 16.5. The Balaban J connectivity index is 1.37. The molecular weight excluding hydrogens is 434 g/mol. The van der Waals surface area contributed by atoms with Crippen LogP contribution in [0.2, 0.25) is 0 Å². The second-order valence-corrected chi connectivity index (χ2v) is 8.49. The van der Waals surface area contributed by atoms with Gasteiger partial charge in [-0.2, -0.15) is 5.10 Å². The number of imidazole rings is 1. The Kier molecular flexibility index (Phi) is 6.46. The van der Waals surface area contributed by atoms with Gasteiger partial charge in [0.05, 0.1) is 42.4 Å². The number of hydrogen-bond acceptors (Lipinski definition) is 6. The predicted octanol–water partition coefficient (Wildman–Crippen LogP) is 3.84. The van der Waals surface area contributed by atoms with Crippen LogP contribution in [0, 0.1) is 6.92 Å². The fourth-order valence-electron chi connectivity index (χ4n) is 4.46. The summed E-state index contributed by atoms with van der Waals surface area (Å²) in [5.74, 6) is 0.438. The number of amides is 1. The molecule has 9 nitrogen and oxygen atoms in total. The van der Waals surface area contributed by atoms with Gasteiger partial charge in [-0.15, -0.1) is 0 Å². The van der Waals surface area contributed by atoms with Crippen molar-refractivity contribution in [2.24, 2.45) is 0 Å². The van der Waals surface area contributed by atoms with E-state index in [0.717, 1.165) is 41.7 Å². The molecule has 5 rings (SSSR count). The van der Waals surface area contributed by atoms with Crippen molar-refractivity contribution >= 4 is 28.1 Å². The molecule has 1 fully saturated rings. The fraction of sp³-hybridized carbons (Fsp3) is 0.400. The number of fused-ring (bicyclic) bond motifs is 2. The molecule has 0 saturated carbocycles. The molecule has 9 heteroatoms. The summed E-state index contributed by atoms with van der Waals surface area (Å²) < 4.78 is 20.3. The number of aromatic nitrogens is 4. The largest absolute Gasteiger partial charge is 0.491 e. The molecule has 0 spiro atoms. The van der Waals surface area contributed by atoms with Crippen LogP contribution < -0.4 is 10.1 Å². The maximum Gasteiger partial charge on any atom is 0.274 e. The van der Waals surface area contributed by atoms with Crippen LogP contribution >= 0.6 is 0 Å². The smallest absolute Gasteiger partial charge is 0.274 e. The minimum atomic E-state index is -0.240. The molecule has 178 valence electrons. The second-order valence-electron chi connectivity index (χ2n) is 8.49. The highest BCUT2D eigenvalue weighted by molar-refractivity contribution is 6.08. The zero-order chi connectivity index (χ0) is 23.5. The molecule has 4 heterocycles. The number of carbonyl (C=O) groups is 1. The van der Waals surface area contributed by atoms with Gasteiger partial charge in [-0.3, -0.25) is 13.9 Å². The molecule has 4 aromatic rings. The Bertz CT molecular complexity index is 1310. The standard InChI is InChI=1S/C25H29N5O4/c1-17-24-20(7-5-8-21(24)30(28-17)16-19-6-3-4-11-33-19)27-25(31)22-15-26-23-14-18(9-10-29(22)23)34-13-12-32-2/h5,7-10,14-15,19H,3-4,6,11-13,16H2,1-2H3,(H,27,31). The van der Waals surface area contributed by atoms with Crippen molar-refractivity contribution in [3.63, 3.8) is 0 Å². The number of ether oxygens (including phenoxy) is 3. The minimum absolute atomic E-state index is 0.177. The van der Waals surface area contributed by atoms with Crippen LogP contribution in [0.1, 0.15) is 35.4 Å². The lowest BCUT2D eigenvalue weighted by Gasteiger charge is -2.22. The average Bonchev–Trinajstić information content (AvgIpc) is 3.41. The topological polar surface area (TPSA) is 91.9 Å². The summed E-state index contributed by atoms with van der Waals surface area (Å²) in [6.07, 6.45) is 6.88. The predicted molar refractivity (Wildman–Crippen MR) is 129 cm³/mol. The van der Waals surface area contributed by atoms with Crippen molar-refractivity contribution < 1.29 is 19.0 Å². The Hall–Kier alpha value is -3.43. The Morgan fingerprint density at radius 2 is 2.18 bits per heavy atom. The van der Waals surface area contributed by atoms with E-state index in [1.807, 2.05) is 35.9 Å². The summed E-state index contributed by atoms with van der Waals surface area (Å²) in [5, 5.41) is 8.75. The third kappa shape index (κ3) is 4.49. The second kappa shape index (κ2) is 9.82. The number of anilines is 1. The molecule has 1 atom stereocenters. The third-order valence-corrected chi connectivity index (χ3v) is 6.13. The Morgan fingerprint density at radius 1 is 1.26 bits per heavy atom. The first kappa shape index (κ1) is 22.4. The van der Waals surface area contributed by atoms with Crippen molar-refractivity contribution in [1.82, 2.24) is 19.2 Å². The van der Waals surface area contributed by atoms with Crippen molar-refractivity contribution in [3.8, 4) is 5.75 Å². The maximum atomic E-state index is 13.2. The van der Waals surface area contributed by atoms with E-state index in [0.29, 0.717) is 36.8 Å². The van der Waals surface area contributed by atoms with Crippen molar-refractivity contribution in [2.45, 2.75) is 38.8 Å². The number of aryl methyl sites for hydroxylation is 1. The molecular formula is C25H29N5O4. The SMILES string of the molecule is COCCOc1ccn2c(C(=O)Nc3cccc4c3c(C)nn4CC3CCCCO3)cnc2c1. The lowest BCUT2D eigenvalue weighted by molar-refractivity contribution is 0.00470. The molecule has 3 aromatic heterocycles. The van der Waals surface area contributed by atoms with Gasteiger partial charge < -0.3 is 19.5 Å². The number of benzene rings is 1. The summed E-state index contributed by atoms with van der Waals surface area (Å²) in [6, 6.07) is 9.49. The first-order chi connectivity index (χ1) is 16.6. The lowest BCUT2D eigenvalue weighted by Crippen LogP contribution is -2.24. The number of nitrogens with one attached hydrogen (secondary N) is 1. The number of rotatable bonds is 8. The van der Waals surface area contributed by atoms with Gasteiger partial charge in [0.2, 0.25) is 0 Å². The van der Waals surface area contributed by atoms with E-state index in [1.165, 1.54) is 6.42 Å². The van der Waals surface area contributed by atoms with Gasteiger partial charge in [0.25, 0.3) is 5.91 Å².